The molecule has 0 aliphatic carbocycles. The van der Waals surface area contributed by atoms with Gasteiger partial charge in [0.05, 0.1) is 0 Å². The van der Waals surface area contributed by atoms with Crippen molar-refractivity contribution >= 4 is 6.03 Å². The summed E-state index contributed by atoms with van der Waals surface area (Å²) in [4.78, 5) is 9.35. The Labute approximate surface area is 29.1 Å². The van der Waals surface area contributed by atoms with Crippen molar-refractivity contribution in [3.63, 3.8) is 0 Å². The van der Waals surface area contributed by atoms with Gasteiger partial charge in [0.1, 0.15) is 0 Å². The highest BCUT2D eigenvalue weighted by atomic mass is 16.3. The summed E-state index contributed by atoms with van der Waals surface area (Å²) in [5.41, 5.74) is 6.08. The van der Waals surface area contributed by atoms with Crippen molar-refractivity contribution in [3.8, 4) is 0 Å². The fourth-order valence-corrected chi connectivity index (χ4v) is 0. The maximum absolute atomic E-state index is 9.35. The first kappa shape index (κ1) is 4.23. The molecule has 4 heteroatoms. The van der Waals surface area contributed by atoms with Crippen LogP contribution in [0.3, 0.4) is 0 Å². The third-order valence-electron chi connectivity index (χ3n) is 0.142. The molecule has 0 atom stereocenters. The number of amides is 2. The van der Waals surface area contributed by atoms with E-state index in [0.717, 1.165) is 0 Å². The topological polar surface area (TPSA) is 81.1 Å². The van der Waals surface area contributed by atoms with Crippen LogP contribution in [-0.4, -0.2) is 6.03 Å². The quantitative estimate of drug-likeness (QED) is 0.109. The SMILES string of the molecule is N[15NH][13C]([15NH2])=O. The van der Waals surface area contributed by atoms with E-state index in [4.69, 9.17) is 0 Å². The van der Waals surface area contributed by atoms with E-state index in [1.165, 1.54) is 0 Å². The van der Waals surface area contributed by atoms with Gasteiger partial charge in [0.25, 0.3) is 0 Å². The Morgan fingerprint density at radius 1 is 1.80 bits per heavy atom. The van der Waals surface area contributed by atoms with Crippen LogP contribution in [0.2, 0.25) is 0 Å². The molecule has 0 aliphatic rings. The van der Waals surface area contributed by atoms with E-state index >= 15 is 0 Å². The summed E-state index contributed by atoms with van der Waals surface area (Å²) >= 11 is 0. The van der Waals surface area contributed by atoms with Gasteiger partial charge in [-0.25, -0.2) is 10.6 Å². The lowest BCUT2D eigenvalue weighted by molar-refractivity contribution is 0.249. The standard InChI is InChI=1S/CH5N3O/c2-1(5)4-3/h3H2,(H3,2,4,5)/i1+1,2+1,4+1. The molecule has 30 valence electrons. The molecule has 0 radical (unpaired) electrons. The van der Waals surface area contributed by atoms with Gasteiger partial charge in [-0.1, -0.05) is 0 Å². The Morgan fingerprint density at radius 3 is 2.00 bits per heavy atom. The smallest absolute Gasteiger partial charge is 0.326 e. The maximum Gasteiger partial charge on any atom is 0.326 e. The van der Waals surface area contributed by atoms with E-state index in [9.17, 15) is 4.79 Å². The summed E-state index contributed by atoms with van der Waals surface area (Å²) in [6.07, 6.45) is 0. The van der Waals surface area contributed by atoms with Gasteiger partial charge in [-0.15, -0.1) is 0 Å². The van der Waals surface area contributed by atoms with Crippen LogP contribution in [0.4, 0.5) is 4.79 Å². The van der Waals surface area contributed by atoms with E-state index < -0.39 is 6.03 Å². The molecule has 0 heterocycles. The van der Waals surface area contributed by atoms with Crippen molar-refractivity contribution in [2.45, 2.75) is 0 Å². The van der Waals surface area contributed by atoms with Crippen LogP contribution in [-0.2, 0) is 0 Å². The summed E-state index contributed by atoms with van der Waals surface area (Å²) in [7, 11) is 0. The lowest BCUT2D eigenvalue weighted by Crippen LogP contribution is -2.34. The van der Waals surface area contributed by atoms with Crippen molar-refractivity contribution in [1.82, 2.24) is 5.43 Å². The van der Waals surface area contributed by atoms with Gasteiger partial charge >= 0.3 is 6.03 Å². The maximum atomic E-state index is 9.35. The predicted molar refractivity (Wildman–Crippen MR) is 16.9 cm³/mol. The van der Waals surface area contributed by atoms with Gasteiger partial charge in [0.15, 0.2) is 0 Å². The highest BCUT2D eigenvalue weighted by molar-refractivity contribution is 5.70. The molecule has 0 saturated heterocycles. The van der Waals surface area contributed by atoms with Crippen molar-refractivity contribution in [2.24, 2.45) is 11.6 Å². The van der Waals surface area contributed by atoms with Crippen molar-refractivity contribution in [2.75, 3.05) is 0 Å². The summed E-state index contributed by atoms with van der Waals surface area (Å²) in [5, 5.41) is 0. The monoisotopic (exact) mass is 78.0 g/mol. The van der Waals surface area contributed by atoms with Crippen LogP contribution in [0, 0.1) is 0 Å². The fourth-order valence-electron chi connectivity index (χ4n) is 0. The van der Waals surface area contributed by atoms with E-state index in [2.05, 4.69) is 11.6 Å². The molecular weight excluding hydrogens is 73.0 g/mol. The summed E-state index contributed by atoms with van der Waals surface area (Å²) in [5.74, 6) is 4.45. The van der Waals surface area contributed by atoms with Gasteiger partial charge in [-0.3, -0.25) is 5.43 Å². The van der Waals surface area contributed by atoms with Gasteiger partial charge in [-0.2, -0.15) is 0 Å². The number of carbonyl (C=O) groups is 1. The third-order valence-corrected chi connectivity index (χ3v) is 0.142. The molecule has 0 aromatic carbocycles. The van der Waals surface area contributed by atoms with Gasteiger partial charge in [-0.05, 0) is 0 Å². The van der Waals surface area contributed by atoms with Gasteiger partial charge in [0, 0.05) is 0 Å². The lowest BCUT2D eigenvalue weighted by atomic mass is 12.1. The highest BCUT2D eigenvalue weighted by Crippen LogP contribution is 1.34. The van der Waals surface area contributed by atoms with Crippen LogP contribution >= 0.6 is 0 Å². The number of nitrogens with two attached hydrogens (primary N) is 2. The molecule has 0 unspecified atom stereocenters. The molecule has 0 aromatic heterocycles. The zero-order valence-electron chi connectivity index (χ0n) is 2.56. The minimum absolute atomic E-state index is 0.718. The summed E-state index contributed by atoms with van der Waals surface area (Å²) in [6, 6.07) is -0.718. The number of primary amides is 1. The zero-order chi connectivity index (χ0) is 4.28. The first-order valence-electron chi connectivity index (χ1n) is 1.03. The molecule has 0 saturated carbocycles. The normalized spacial score (nSPS) is 6.60. The first-order valence-corrected chi connectivity index (χ1v) is 1.03. The minimum atomic E-state index is -0.718. The number of nitrogens with one attached hydrogen (secondary N) is 1. The number of urea groups is 1. The molecule has 0 fully saturated rings. The summed E-state index contributed by atoms with van der Waals surface area (Å²) in [6.45, 7) is 0. The Balaban J connectivity index is 2.85. The fraction of sp³-hybridized carbons (Fsp3) is 0. The highest BCUT2D eigenvalue weighted by Gasteiger charge is 1.73. The number of hydrazine groups is 1. The van der Waals surface area contributed by atoms with E-state index in [-0.39, 0.29) is 0 Å². The van der Waals surface area contributed by atoms with Crippen molar-refractivity contribution in [1.29, 1.82) is 0 Å². The second-order valence-corrected chi connectivity index (χ2v) is 0.509. The Hall–Kier alpha value is -0.770. The van der Waals surface area contributed by atoms with E-state index in [0.29, 0.717) is 0 Å². The molecule has 0 rings (SSSR count). The largest absolute Gasteiger partial charge is 0.351 e. The predicted octanol–water partition coefficient (Wildman–Crippen LogP) is -1.47. The summed E-state index contributed by atoms with van der Waals surface area (Å²) < 4.78 is 0. The number of hydrogen-bond donors (Lipinski definition) is 3. The van der Waals surface area contributed by atoms with Gasteiger partial charge < -0.3 is 5.73 Å². The number of carbonyl (C=O) groups excluding carboxylic acids is 1. The Morgan fingerprint density at radius 2 is 2.00 bits per heavy atom. The zero-order valence-corrected chi connectivity index (χ0v) is 2.56. The average molecular weight is 78.0 g/mol. The van der Waals surface area contributed by atoms with Crippen LogP contribution in [0.15, 0.2) is 0 Å². The third kappa shape index (κ3) is 3.23. The second kappa shape index (κ2) is 1.54. The minimum Gasteiger partial charge on any atom is -0.351 e. The van der Waals surface area contributed by atoms with Crippen LogP contribution < -0.4 is 17.0 Å². The average Bonchev–Trinajstić information content (AvgIpc) is 1.38. The molecule has 4 nitrogen and oxygen atoms in total. The second-order valence-electron chi connectivity index (χ2n) is 0.509. The van der Waals surface area contributed by atoms with Crippen LogP contribution in [0.1, 0.15) is 0 Å². The Bertz CT molecular complexity index is 42.2. The molecule has 2 amide bonds. The van der Waals surface area contributed by atoms with Crippen LogP contribution in [0.5, 0.6) is 0 Å². The molecule has 0 spiro atoms. The van der Waals surface area contributed by atoms with E-state index in [1.807, 2.05) is 0 Å². The Kier molecular flexibility index (Phi) is 1.30. The number of hydrogen-bond acceptors (Lipinski definition) is 2. The van der Waals surface area contributed by atoms with E-state index in [1.54, 1.807) is 5.43 Å². The van der Waals surface area contributed by atoms with Crippen molar-refractivity contribution < 1.29 is 4.79 Å². The molecule has 0 bridgehead atoms. The molecule has 0 aromatic rings. The molecule has 5 N–H and O–H groups in total. The lowest BCUT2D eigenvalue weighted by Gasteiger charge is -1.81. The van der Waals surface area contributed by atoms with Crippen LogP contribution in [0.25, 0.3) is 0 Å². The van der Waals surface area contributed by atoms with Crippen molar-refractivity contribution in [3.05, 3.63) is 0 Å². The molecule has 5 heavy (non-hydrogen) atoms. The first-order chi connectivity index (χ1) is 2.27. The molecular formula is CH5N3O. The van der Waals surface area contributed by atoms with Gasteiger partial charge in [0.2, 0.25) is 0 Å². The number of rotatable bonds is 0. The molecule has 0 aliphatic heterocycles.